The number of alkyl halides is 1. The minimum absolute atomic E-state index is 0.00775. The summed E-state index contributed by atoms with van der Waals surface area (Å²) in [4.78, 5) is 23.5. The van der Waals surface area contributed by atoms with E-state index in [1.807, 2.05) is 48.5 Å². The predicted molar refractivity (Wildman–Crippen MR) is 139 cm³/mol. The summed E-state index contributed by atoms with van der Waals surface area (Å²) in [6.07, 6.45) is -7.36. The van der Waals surface area contributed by atoms with Gasteiger partial charge in [-0.05, 0) is 43.4 Å². The molecule has 1 saturated heterocycles. The lowest BCUT2D eigenvalue weighted by Gasteiger charge is -2.38. The highest BCUT2D eigenvalue weighted by molar-refractivity contribution is 5.90. The number of ether oxygens (including phenoxy) is 2. The molecular weight excluding hydrogens is 487 g/mol. The molecule has 214 valence electrons. The molecule has 0 radical (unpaired) electrons. The molecule has 0 saturated carbocycles. The van der Waals surface area contributed by atoms with Crippen LogP contribution in [0.1, 0.15) is 73.3 Å². The van der Waals surface area contributed by atoms with Gasteiger partial charge in [-0.3, -0.25) is 4.79 Å². The molecule has 1 aromatic carbocycles. The number of aliphatic hydroxyl groups excluding tert-OH is 3. The number of nitrogens with one attached hydrogen (secondary N) is 1. The normalized spacial score (nSPS) is 23.9. The quantitative estimate of drug-likeness (QED) is 0.265. The van der Waals surface area contributed by atoms with Crippen LogP contribution in [-0.2, 0) is 21.0 Å². The van der Waals surface area contributed by atoms with Crippen molar-refractivity contribution in [2.45, 2.75) is 111 Å². The van der Waals surface area contributed by atoms with Crippen molar-refractivity contribution in [3.05, 3.63) is 23.8 Å². The molecule has 1 aliphatic rings. The maximum absolute atomic E-state index is 13.6. The second-order valence-corrected chi connectivity index (χ2v) is 9.20. The van der Waals surface area contributed by atoms with Crippen molar-refractivity contribution in [2.75, 3.05) is 5.32 Å². The fourth-order valence-electron chi connectivity index (χ4n) is 3.80. The third kappa shape index (κ3) is 10.9. The Balaban J connectivity index is 0.00000308. The Labute approximate surface area is 219 Å². The SMILES string of the molecule is CC.CC.CC(N)CC(C)(C)CCC(=O)Nc1ccc(OC2OC(C(=O)O)C(O)C(O)C2O)c(CF)c1. The van der Waals surface area contributed by atoms with E-state index >= 15 is 0 Å². The lowest BCUT2D eigenvalue weighted by atomic mass is 9.82. The number of carbonyl (C=O) groups is 2. The number of rotatable bonds is 10. The summed E-state index contributed by atoms with van der Waals surface area (Å²) in [5, 5.41) is 41.5. The number of carbonyl (C=O) groups excluding carboxylic acids is 1. The van der Waals surface area contributed by atoms with Gasteiger partial charge in [-0.25, -0.2) is 9.18 Å². The Kier molecular flexibility index (Phi) is 15.5. The zero-order valence-electron chi connectivity index (χ0n) is 22.9. The van der Waals surface area contributed by atoms with Crippen LogP contribution in [-0.4, -0.2) is 69.1 Å². The number of benzene rings is 1. The molecule has 6 unspecified atom stereocenters. The zero-order chi connectivity index (χ0) is 28.9. The fraction of sp³-hybridized carbons (Fsp3) is 0.692. The smallest absolute Gasteiger partial charge is 0.335 e. The van der Waals surface area contributed by atoms with Gasteiger partial charge < -0.3 is 41.0 Å². The molecule has 6 atom stereocenters. The molecule has 37 heavy (non-hydrogen) atoms. The van der Waals surface area contributed by atoms with Crippen LogP contribution in [0.5, 0.6) is 5.75 Å². The first-order valence-corrected chi connectivity index (χ1v) is 12.7. The van der Waals surface area contributed by atoms with E-state index in [4.69, 9.17) is 20.3 Å². The standard InChI is InChI=1S/C22H33FN2O8.2C2H6/c1-11(24)9-22(2,3)7-6-15(26)25-13-4-5-14(12(8-13)10-23)32-21-18(29)16(27)17(28)19(33-21)20(30)31;2*1-2/h4-5,8,11,16-19,21,27-29H,6-7,9-10,24H2,1-3H3,(H,25,26)(H,30,31);2*1-2H3. The maximum Gasteiger partial charge on any atom is 0.335 e. The van der Waals surface area contributed by atoms with Crippen molar-refractivity contribution in [1.29, 1.82) is 0 Å². The lowest BCUT2D eigenvalue weighted by Crippen LogP contribution is -2.61. The molecule has 1 amide bonds. The Hall–Kier alpha value is -2.31. The van der Waals surface area contributed by atoms with E-state index in [1.165, 1.54) is 18.2 Å². The summed E-state index contributed by atoms with van der Waals surface area (Å²) in [5.74, 6) is -1.89. The number of aliphatic carboxylic acids is 1. The predicted octanol–water partition coefficient (Wildman–Crippen LogP) is 2.96. The Morgan fingerprint density at radius 2 is 1.73 bits per heavy atom. The van der Waals surface area contributed by atoms with Crippen LogP contribution in [0.3, 0.4) is 0 Å². The summed E-state index contributed by atoms with van der Waals surface area (Å²) in [5.41, 5.74) is 6.06. The van der Waals surface area contributed by atoms with Crippen LogP contribution < -0.4 is 15.8 Å². The number of hydrogen-bond acceptors (Lipinski definition) is 8. The molecule has 10 nitrogen and oxygen atoms in total. The highest BCUT2D eigenvalue weighted by Crippen LogP contribution is 2.30. The van der Waals surface area contributed by atoms with Gasteiger partial charge in [0.2, 0.25) is 12.2 Å². The summed E-state index contributed by atoms with van der Waals surface area (Å²) in [6.45, 7) is 13.0. The minimum Gasteiger partial charge on any atom is -0.479 e. The molecule has 0 bridgehead atoms. The van der Waals surface area contributed by atoms with Crippen molar-refractivity contribution in [2.24, 2.45) is 11.1 Å². The van der Waals surface area contributed by atoms with E-state index in [1.54, 1.807) is 0 Å². The number of carboxylic acids is 1. The number of halogens is 1. The van der Waals surface area contributed by atoms with Gasteiger partial charge in [0.1, 0.15) is 30.7 Å². The van der Waals surface area contributed by atoms with Gasteiger partial charge in [-0.15, -0.1) is 0 Å². The zero-order valence-corrected chi connectivity index (χ0v) is 22.9. The Morgan fingerprint density at radius 3 is 2.24 bits per heavy atom. The van der Waals surface area contributed by atoms with E-state index in [9.17, 15) is 29.3 Å². The molecule has 1 fully saturated rings. The molecule has 1 heterocycles. The monoisotopic (exact) mass is 532 g/mol. The molecule has 0 spiro atoms. The van der Waals surface area contributed by atoms with Crippen LogP contribution in [0.4, 0.5) is 10.1 Å². The highest BCUT2D eigenvalue weighted by Gasteiger charge is 2.48. The first-order valence-electron chi connectivity index (χ1n) is 12.7. The fourth-order valence-corrected chi connectivity index (χ4v) is 3.80. The second kappa shape index (κ2) is 16.5. The third-order valence-electron chi connectivity index (χ3n) is 5.45. The molecule has 0 aliphatic carbocycles. The van der Waals surface area contributed by atoms with Gasteiger partial charge in [0.15, 0.2) is 6.10 Å². The number of aliphatic hydroxyl groups is 3. The van der Waals surface area contributed by atoms with E-state index in [-0.39, 0.29) is 35.1 Å². The van der Waals surface area contributed by atoms with Gasteiger partial charge in [0, 0.05) is 23.7 Å². The van der Waals surface area contributed by atoms with Crippen molar-refractivity contribution in [3.63, 3.8) is 0 Å². The Bertz CT molecular complexity index is 837. The molecule has 7 N–H and O–H groups in total. The van der Waals surface area contributed by atoms with Gasteiger partial charge in [-0.2, -0.15) is 0 Å². The van der Waals surface area contributed by atoms with E-state index in [0.29, 0.717) is 12.1 Å². The minimum atomic E-state index is -1.87. The molecule has 0 aromatic heterocycles. The van der Waals surface area contributed by atoms with Gasteiger partial charge >= 0.3 is 5.97 Å². The van der Waals surface area contributed by atoms with E-state index in [0.717, 1.165) is 6.42 Å². The summed E-state index contributed by atoms with van der Waals surface area (Å²) >= 11 is 0. The van der Waals surface area contributed by atoms with Crippen LogP contribution >= 0.6 is 0 Å². The molecule has 2 rings (SSSR count). The van der Waals surface area contributed by atoms with Crippen molar-refractivity contribution < 1.29 is 43.9 Å². The van der Waals surface area contributed by atoms with E-state index < -0.39 is 43.3 Å². The average Bonchev–Trinajstić information content (AvgIpc) is 2.85. The first-order chi connectivity index (χ1) is 17.3. The van der Waals surface area contributed by atoms with E-state index in [2.05, 4.69) is 5.32 Å². The molecular formula is C26H45FN2O8. The van der Waals surface area contributed by atoms with Gasteiger partial charge in [0.05, 0.1) is 0 Å². The van der Waals surface area contributed by atoms with Crippen molar-refractivity contribution >= 4 is 17.6 Å². The lowest BCUT2D eigenvalue weighted by molar-refractivity contribution is -0.271. The number of amides is 1. The van der Waals surface area contributed by atoms with Crippen LogP contribution in [0.2, 0.25) is 0 Å². The number of anilines is 1. The van der Waals surface area contributed by atoms with Crippen molar-refractivity contribution in [1.82, 2.24) is 0 Å². The van der Waals surface area contributed by atoms with Crippen LogP contribution in [0.15, 0.2) is 18.2 Å². The molecule has 11 heteroatoms. The second-order valence-electron chi connectivity index (χ2n) is 9.20. The topological polar surface area (TPSA) is 172 Å². The Morgan fingerprint density at radius 1 is 1.14 bits per heavy atom. The number of hydrogen-bond donors (Lipinski definition) is 6. The summed E-state index contributed by atoms with van der Waals surface area (Å²) in [6, 6.07) is 4.14. The average molecular weight is 533 g/mol. The van der Waals surface area contributed by atoms with Crippen LogP contribution in [0.25, 0.3) is 0 Å². The first kappa shape index (κ1) is 34.7. The molecule has 1 aromatic rings. The van der Waals surface area contributed by atoms with Gasteiger partial charge in [-0.1, -0.05) is 41.5 Å². The van der Waals surface area contributed by atoms with Gasteiger partial charge in [0.25, 0.3) is 0 Å². The number of carboxylic acid groups (broad SMARTS) is 1. The van der Waals surface area contributed by atoms with Crippen molar-refractivity contribution in [3.8, 4) is 5.75 Å². The van der Waals surface area contributed by atoms with Crippen LogP contribution in [0, 0.1) is 5.41 Å². The third-order valence-corrected chi connectivity index (χ3v) is 5.45. The highest BCUT2D eigenvalue weighted by atomic mass is 19.1. The summed E-state index contributed by atoms with van der Waals surface area (Å²) < 4.78 is 24.1. The number of nitrogens with two attached hydrogens (primary N) is 1. The maximum atomic E-state index is 13.6. The molecule has 1 aliphatic heterocycles. The summed E-state index contributed by atoms with van der Waals surface area (Å²) in [7, 11) is 0. The largest absolute Gasteiger partial charge is 0.479 e.